The maximum atomic E-state index is 5.54. The number of nitrogens with zero attached hydrogens (tertiary/aromatic N) is 2. The normalized spacial score (nSPS) is 11.4. The van der Waals surface area contributed by atoms with Crippen molar-refractivity contribution in [1.29, 1.82) is 0 Å². The van der Waals surface area contributed by atoms with Crippen LogP contribution < -0.4 is 10.1 Å². The molecule has 0 bridgehead atoms. The van der Waals surface area contributed by atoms with Gasteiger partial charge in [0.1, 0.15) is 0 Å². The van der Waals surface area contributed by atoms with Gasteiger partial charge < -0.3 is 10.1 Å². The summed E-state index contributed by atoms with van der Waals surface area (Å²) in [6.07, 6.45) is 3.89. The molecule has 0 aliphatic heterocycles. The molecule has 5 nitrogen and oxygen atoms in total. The van der Waals surface area contributed by atoms with Crippen molar-refractivity contribution in [3.63, 3.8) is 0 Å². The molecule has 2 heterocycles. The van der Waals surface area contributed by atoms with Crippen LogP contribution >= 0.6 is 12.4 Å². The lowest BCUT2D eigenvalue weighted by molar-refractivity contribution is 0.232. The van der Waals surface area contributed by atoms with Crippen LogP contribution in [0.5, 0.6) is 5.88 Å². The number of pyridine rings is 1. The smallest absolute Gasteiger partial charge is 0.213 e. The molecule has 0 saturated heterocycles. The standard InChI is InChI=1S/C17H26N4O.ClH/c1-12(2)22-15-7-6-13(9-19-15)8-18-10-14-11-20-21-16(14)17(3,4)5;/h6-7,9,11-12,18H,8,10H2,1-5H3,(H,20,21);1H. The van der Waals surface area contributed by atoms with E-state index in [0.717, 1.165) is 18.7 Å². The summed E-state index contributed by atoms with van der Waals surface area (Å²) in [5.41, 5.74) is 3.60. The first kappa shape index (κ1) is 19.5. The van der Waals surface area contributed by atoms with E-state index in [9.17, 15) is 0 Å². The fourth-order valence-corrected chi connectivity index (χ4v) is 2.26. The summed E-state index contributed by atoms with van der Waals surface area (Å²) in [6, 6.07) is 3.95. The van der Waals surface area contributed by atoms with E-state index in [-0.39, 0.29) is 23.9 Å². The molecule has 2 aromatic rings. The van der Waals surface area contributed by atoms with Gasteiger partial charge in [0.05, 0.1) is 12.3 Å². The predicted molar refractivity (Wildman–Crippen MR) is 95.1 cm³/mol. The van der Waals surface area contributed by atoms with Crippen molar-refractivity contribution in [2.75, 3.05) is 0 Å². The molecule has 128 valence electrons. The van der Waals surface area contributed by atoms with Gasteiger partial charge in [0, 0.05) is 42.0 Å². The third kappa shape index (κ3) is 5.84. The zero-order valence-corrected chi connectivity index (χ0v) is 15.3. The van der Waals surface area contributed by atoms with E-state index in [1.807, 2.05) is 38.4 Å². The van der Waals surface area contributed by atoms with Crippen LogP contribution in [0.15, 0.2) is 24.5 Å². The molecule has 0 unspecified atom stereocenters. The first-order valence-corrected chi connectivity index (χ1v) is 7.71. The number of aromatic amines is 1. The van der Waals surface area contributed by atoms with Crippen LogP contribution in [0.25, 0.3) is 0 Å². The van der Waals surface area contributed by atoms with Crippen molar-refractivity contribution in [2.45, 2.75) is 59.2 Å². The Labute approximate surface area is 144 Å². The average Bonchev–Trinajstić information content (AvgIpc) is 2.88. The summed E-state index contributed by atoms with van der Waals surface area (Å²) in [4.78, 5) is 4.31. The van der Waals surface area contributed by atoms with Gasteiger partial charge >= 0.3 is 0 Å². The second-order valence-corrected chi connectivity index (χ2v) is 6.80. The topological polar surface area (TPSA) is 62.8 Å². The molecule has 6 heteroatoms. The molecule has 0 saturated carbocycles. The highest BCUT2D eigenvalue weighted by Gasteiger charge is 2.19. The summed E-state index contributed by atoms with van der Waals surface area (Å²) < 4.78 is 5.54. The van der Waals surface area contributed by atoms with E-state index in [4.69, 9.17) is 4.74 Å². The predicted octanol–water partition coefficient (Wildman–Crippen LogP) is 3.60. The molecule has 23 heavy (non-hydrogen) atoms. The van der Waals surface area contributed by atoms with Gasteiger partial charge in [-0.05, 0) is 19.4 Å². The molecule has 0 spiro atoms. The second kappa shape index (κ2) is 8.31. The van der Waals surface area contributed by atoms with Crippen molar-refractivity contribution in [3.8, 4) is 5.88 Å². The first-order chi connectivity index (χ1) is 10.4. The minimum atomic E-state index is 0. The Hall–Kier alpha value is -1.59. The zero-order chi connectivity index (χ0) is 16.2. The third-order valence-electron chi connectivity index (χ3n) is 3.27. The van der Waals surface area contributed by atoms with Crippen molar-refractivity contribution in [3.05, 3.63) is 41.3 Å². The Morgan fingerprint density at radius 1 is 1.17 bits per heavy atom. The Morgan fingerprint density at radius 3 is 2.48 bits per heavy atom. The van der Waals surface area contributed by atoms with Crippen LogP contribution in [0.1, 0.15) is 51.4 Å². The highest BCUT2D eigenvalue weighted by molar-refractivity contribution is 5.85. The van der Waals surface area contributed by atoms with Crippen LogP contribution in [0.4, 0.5) is 0 Å². The molecule has 0 aromatic carbocycles. The van der Waals surface area contributed by atoms with Crippen LogP contribution in [0.3, 0.4) is 0 Å². The lowest BCUT2D eigenvalue weighted by Crippen LogP contribution is -2.19. The van der Waals surface area contributed by atoms with Crippen LogP contribution in [-0.4, -0.2) is 21.3 Å². The summed E-state index contributed by atoms with van der Waals surface area (Å²) >= 11 is 0. The van der Waals surface area contributed by atoms with E-state index >= 15 is 0 Å². The fraction of sp³-hybridized carbons (Fsp3) is 0.529. The number of hydrogen-bond acceptors (Lipinski definition) is 4. The number of halogens is 1. The molecule has 0 aliphatic carbocycles. The van der Waals surface area contributed by atoms with Gasteiger partial charge in [0.25, 0.3) is 0 Å². The van der Waals surface area contributed by atoms with Crippen molar-refractivity contribution in [1.82, 2.24) is 20.5 Å². The van der Waals surface area contributed by atoms with Crippen molar-refractivity contribution >= 4 is 12.4 Å². The van der Waals surface area contributed by atoms with Gasteiger partial charge in [0.2, 0.25) is 5.88 Å². The number of aromatic nitrogens is 3. The fourth-order valence-electron chi connectivity index (χ4n) is 2.26. The Kier molecular flexibility index (Phi) is 7.03. The van der Waals surface area contributed by atoms with Gasteiger partial charge in [-0.1, -0.05) is 26.8 Å². The van der Waals surface area contributed by atoms with E-state index < -0.39 is 0 Å². The molecule has 0 fully saturated rings. The maximum Gasteiger partial charge on any atom is 0.213 e. The minimum Gasteiger partial charge on any atom is -0.475 e. The number of H-pyrrole nitrogens is 1. The molecular formula is C17H27ClN4O. The van der Waals surface area contributed by atoms with Gasteiger partial charge in [-0.25, -0.2) is 4.98 Å². The summed E-state index contributed by atoms with van der Waals surface area (Å²) in [6.45, 7) is 12.1. The Balaban J connectivity index is 0.00000264. The summed E-state index contributed by atoms with van der Waals surface area (Å²) in [5, 5.41) is 10.7. The van der Waals surface area contributed by atoms with Gasteiger partial charge in [-0.15, -0.1) is 12.4 Å². The SMILES string of the molecule is CC(C)Oc1ccc(CNCc2cn[nH]c2C(C)(C)C)cn1.Cl. The maximum absolute atomic E-state index is 5.54. The van der Waals surface area contributed by atoms with Crippen LogP contribution in [-0.2, 0) is 18.5 Å². The zero-order valence-electron chi connectivity index (χ0n) is 14.5. The Morgan fingerprint density at radius 2 is 1.91 bits per heavy atom. The molecule has 0 atom stereocenters. The molecule has 0 aliphatic rings. The highest BCUT2D eigenvalue weighted by Crippen LogP contribution is 2.23. The molecule has 0 radical (unpaired) electrons. The van der Waals surface area contributed by atoms with Gasteiger partial charge in [0.15, 0.2) is 0 Å². The second-order valence-electron chi connectivity index (χ2n) is 6.80. The van der Waals surface area contributed by atoms with E-state index in [0.29, 0.717) is 5.88 Å². The number of rotatable bonds is 6. The van der Waals surface area contributed by atoms with Crippen LogP contribution in [0, 0.1) is 0 Å². The first-order valence-electron chi connectivity index (χ1n) is 7.71. The largest absolute Gasteiger partial charge is 0.475 e. The lowest BCUT2D eigenvalue weighted by atomic mass is 9.89. The summed E-state index contributed by atoms with van der Waals surface area (Å²) in [5.74, 6) is 0.670. The van der Waals surface area contributed by atoms with Crippen molar-refractivity contribution < 1.29 is 4.74 Å². The Bertz CT molecular complexity index is 587. The van der Waals surface area contributed by atoms with Gasteiger partial charge in [-0.3, -0.25) is 5.10 Å². The van der Waals surface area contributed by atoms with Gasteiger partial charge in [-0.2, -0.15) is 5.10 Å². The van der Waals surface area contributed by atoms with E-state index in [1.54, 1.807) is 0 Å². The van der Waals surface area contributed by atoms with Crippen molar-refractivity contribution in [2.24, 2.45) is 0 Å². The minimum absolute atomic E-state index is 0. The molecule has 0 amide bonds. The average molecular weight is 339 g/mol. The number of nitrogens with one attached hydrogen (secondary N) is 2. The van der Waals surface area contributed by atoms with E-state index in [2.05, 4.69) is 41.3 Å². The number of ether oxygens (including phenoxy) is 1. The third-order valence-corrected chi connectivity index (χ3v) is 3.27. The highest BCUT2D eigenvalue weighted by atomic mass is 35.5. The molecule has 2 aromatic heterocycles. The quantitative estimate of drug-likeness (QED) is 0.844. The molecule has 2 rings (SSSR count). The number of hydrogen-bond donors (Lipinski definition) is 2. The summed E-state index contributed by atoms with van der Waals surface area (Å²) in [7, 11) is 0. The van der Waals surface area contributed by atoms with Crippen LogP contribution in [0.2, 0.25) is 0 Å². The lowest BCUT2D eigenvalue weighted by Gasteiger charge is -2.18. The molecular weight excluding hydrogens is 312 g/mol. The monoisotopic (exact) mass is 338 g/mol. The molecule has 2 N–H and O–H groups in total. The van der Waals surface area contributed by atoms with E-state index in [1.165, 1.54) is 11.3 Å².